The Labute approximate surface area is 195 Å². The number of carbonyl (C=O) groups is 2. The van der Waals surface area contributed by atoms with E-state index in [1.54, 1.807) is 10.6 Å². The van der Waals surface area contributed by atoms with E-state index in [0.717, 1.165) is 10.6 Å². The third-order valence-electron chi connectivity index (χ3n) is 4.69. The summed E-state index contributed by atoms with van der Waals surface area (Å²) in [5.74, 6) is 1.29. The van der Waals surface area contributed by atoms with Crippen molar-refractivity contribution in [3.05, 3.63) is 52.2 Å². The summed E-state index contributed by atoms with van der Waals surface area (Å²) < 4.78 is 12.4. The smallest absolute Gasteiger partial charge is 0.340 e. The Morgan fingerprint density at radius 2 is 1.94 bits per heavy atom. The van der Waals surface area contributed by atoms with Gasteiger partial charge in [0, 0.05) is 11.9 Å². The van der Waals surface area contributed by atoms with E-state index in [1.807, 2.05) is 26.1 Å². The number of nitrogens with one attached hydrogen (secondary N) is 1. The predicted octanol–water partition coefficient (Wildman–Crippen LogP) is 4.40. The molecule has 0 unspecified atom stereocenters. The molecule has 2 aromatic heterocycles. The average Bonchev–Trinajstić information content (AvgIpc) is 3.32. The van der Waals surface area contributed by atoms with Gasteiger partial charge in [-0.2, -0.15) is 0 Å². The number of hydrogen-bond donors (Lipinski definition) is 1. The number of hydrogen-bond acceptors (Lipinski definition) is 8. The van der Waals surface area contributed by atoms with E-state index in [9.17, 15) is 9.59 Å². The van der Waals surface area contributed by atoms with Crippen molar-refractivity contribution in [1.29, 1.82) is 0 Å². The largest absolute Gasteiger partial charge is 0.486 e. The number of aromatic nitrogens is 3. The molecule has 0 saturated heterocycles. The summed E-state index contributed by atoms with van der Waals surface area (Å²) in [6.45, 7) is 6.43. The summed E-state index contributed by atoms with van der Waals surface area (Å²) in [5, 5.41) is 12.2. The summed E-state index contributed by atoms with van der Waals surface area (Å²) in [5.41, 5.74) is 1.61. The first-order valence-electron chi connectivity index (χ1n) is 10.0. The van der Waals surface area contributed by atoms with Gasteiger partial charge in [-0.05, 0) is 36.6 Å². The zero-order chi connectivity index (χ0) is 23.3. The molecule has 1 amide bonds. The van der Waals surface area contributed by atoms with E-state index >= 15 is 0 Å². The fraction of sp³-hybridized carbons (Fsp3) is 0.364. The topological polar surface area (TPSA) is 95.3 Å². The molecule has 32 heavy (non-hydrogen) atoms. The van der Waals surface area contributed by atoms with E-state index in [2.05, 4.69) is 41.5 Å². The van der Waals surface area contributed by atoms with Crippen LogP contribution in [0.4, 0.5) is 5.00 Å². The molecular weight excluding hydrogens is 448 g/mol. The minimum absolute atomic E-state index is 0.126. The Kier molecular flexibility index (Phi) is 7.92. The van der Waals surface area contributed by atoms with Crippen molar-refractivity contribution in [2.75, 3.05) is 18.2 Å². The fourth-order valence-corrected chi connectivity index (χ4v) is 4.50. The normalized spacial score (nSPS) is 10.9. The van der Waals surface area contributed by atoms with E-state index in [4.69, 9.17) is 9.47 Å². The van der Waals surface area contributed by atoms with Crippen LogP contribution in [0.1, 0.15) is 46.4 Å². The molecule has 3 aromatic rings. The average molecular weight is 475 g/mol. The second-order valence-electron chi connectivity index (χ2n) is 7.40. The van der Waals surface area contributed by atoms with Gasteiger partial charge >= 0.3 is 5.97 Å². The van der Waals surface area contributed by atoms with Crippen LogP contribution < -0.4 is 10.1 Å². The van der Waals surface area contributed by atoms with Gasteiger partial charge in [-0.25, -0.2) is 4.79 Å². The van der Waals surface area contributed by atoms with Crippen molar-refractivity contribution < 1.29 is 19.1 Å². The molecule has 170 valence electrons. The second-order valence-corrected chi connectivity index (χ2v) is 9.60. The number of thiophene rings is 1. The molecule has 0 radical (unpaired) electrons. The number of nitrogens with zero attached hydrogens (tertiary/aromatic N) is 3. The van der Waals surface area contributed by atoms with Gasteiger partial charge in [-0.3, -0.25) is 4.79 Å². The highest BCUT2D eigenvalue weighted by molar-refractivity contribution is 7.99. The van der Waals surface area contributed by atoms with Crippen LogP contribution >= 0.6 is 23.1 Å². The molecular formula is C22H26N4O4S2. The van der Waals surface area contributed by atoms with Crippen LogP contribution in [-0.2, 0) is 23.2 Å². The van der Waals surface area contributed by atoms with Gasteiger partial charge in [0.2, 0.25) is 5.91 Å². The summed E-state index contributed by atoms with van der Waals surface area (Å²) in [4.78, 5) is 25.2. The van der Waals surface area contributed by atoms with Crippen molar-refractivity contribution in [1.82, 2.24) is 14.8 Å². The number of benzene rings is 1. The number of ether oxygens (including phenoxy) is 2. The van der Waals surface area contributed by atoms with E-state index in [0.29, 0.717) is 27.5 Å². The lowest BCUT2D eigenvalue weighted by atomic mass is 10.0. The number of rotatable bonds is 9. The van der Waals surface area contributed by atoms with Crippen molar-refractivity contribution in [2.24, 2.45) is 7.05 Å². The number of methoxy groups -OCH3 is 1. The molecule has 0 saturated carbocycles. The lowest BCUT2D eigenvalue weighted by Gasteiger charge is -2.09. The minimum atomic E-state index is -0.478. The van der Waals surface area contributed by atoms with E-state index < -0.39 is 5.97 Å². The van der Waals surface area contributed by atoms with Crippen LogP contribution in [0.3, 0.4) is 0 Å². The van der Waals surface area contributed by atoms with Gasteiger partial charge in [0.1, 0.15) is 17.4 Å². The number of amides is 1. The van der Waals surface area contributed by atoms with Gasteiger partial charge in [-0.1, -0.05) is 37.7 Å². The Morgan fingerprint density at radius 3 is 2.59 bits per heavy atom. The molecule has 3 rings (SSSR count). The van der Waals surface area contributed by atoms with Gasteiger partial charge < -0.3 is 19.4 Å². The quantitative estimate of drug-likeness (QED) is 0.363. The Morgan fingerprint density at radius 1 is 1.22 bits per heavy atom. The molecule has 10 heteroatoms. The molecule has 1 aromatic carbocycles. The lowest BCUT2D eigenvalue weighted by Crippen LogP contribution is -2.16. The zero-order valence-corrected chi connectivity index (χ0v) is 20.3. The van der Waals surface area contributed by atoms with Gasteiger partial charge in [0.05, 0.1) is 18.4 Å². The summed E-state index contributed by atoms with van der Waals surface area (Å²) in [7, 11) is 3.14. The molecule has 2 heterocycles. The third-order valence-corrected chi connectivity index (χ3v) is 6.67. The molecule has 0 spiro atoms. The third kappa shape index (κ3) is 5.89. The SMILES string of the molecule is COC(=O)c1cc(C)sc1NC(=O)CSc1nnc(COc2ccc(C(C)C)cc2)n1C. The summed E-state index contributed by atoms with van der Waals surface area (Å²) >= 11 is 2.59. The van der Waals surface area contributed by atoms with Crippen LogP contribution in [0.25, 0.3) is 0 Å². The second kappa shape index (κ2) is 10.6. The maximum absolute atomic E-state index is 12.4. The molecule has 8 nitrogen and oxygen atoms in total. The first kappa shape index (κ1) is 23.8. The number of aryl methyl sites for hydroxylation is 1. The highest BCUT2D eigenvalue weighted by Crippen LogP contribution is 2.28. The van der Waals surface area contributed by atoms with Crippen molar-refractivity contribution in [3.63, 3.8) is 0 Å². The maximum atomic E-state index is 12.4. The number of anilines is 1. The van der Waals surface area contributed by atoms with E-state index in [-0.39, 0.29) is 18.3 Å². The molecule has 0 fully saturated rings. The highest BCUT2D eigenvalue weighted by Gasteiger charge is 2.18. The molecule has 0 atom stereocenters. The monoisotopic (exact) mass is 474 g/mol. The summed E-state index contributed by atoms with van der Waals surface area (Å²) in [6, 6.07) is 9.69. The Balaban J connectivity index is 1.54. The molecule has 0 aliphatic rings. The Hall–Kier alpha value is -2.85. The number of thioether (sulfide) groups is 1. The zero-order valence-electron chi connectivity index (χ0n) is 18.7. The Bertz CT molecular complexity index is 1090. The molecule has 0 aliphatic heterocycles. The van der Waals surface area contributed by atoms with Crippen molar-refractivity contribution in [3.8, 4) is 5.75 Å². The van der Waals surface area contributed by atoms with Crippen LogP contribution in [0.15, 0.2) is 35.5 Å². The van der Waals surface area contributed by atoms with Crippen molar-refractivity contribution in [2.45, 2.75) is 38.5 Å². The standard InChI is InChI=1S/C22H26N4O4S2/c1-13(2)15-6-8-16(9-7-15)30-11-18-24-25-22(26(18)4)31-12-19(27)23-20-17(21(28)29-5)10-14(3)32-20/h6-10,13H,11-12H2,1-5H3,(H,23,27). The predicted molar refractivity (Wildman–Crippen MR) is 126 cm³/mol. The maximum Gasteiger partial charge on any atom is 0.340 e. The van der Waals surface area contributed by atoms with Crippen LogP contribution in [0, 0.1) is 6.92 Å². The van der Waals surface area contributed by atoms with Crippen LogP contribution in [0.5, 0.6) is 5.75 Å². The van der Waals surface area contributed by atoms with Gasteiger partial charge in [0.25, 0.3) is 0 Å². The molecule has 0 bridgehead atoms. The molecule has 1 N–H and O–H groups in total. The van der Waals surface area contributed by atoms with Crippen LogP contribution in [-0.4, -0.2) is 39.5 Å². The first-order chi connectivity index (χ1) is 15.3. The van der Waals surface area contributed by atoms with Crippen molar-refractivity contribution >= 4 is 40.0 Å². The summed E-state index contributed by atoms with van der Waals surface area (Å²) in [6.07, 6.45) is 0. The lowest BCUT2D eigenvalue weighted by molar-refractivity contribution is -0.113. The number of carbonyl (C=O) groups excluding carboxylic acids is 2. The first-order valence-corrected chi connectivity index (χ1v) is 11.8. The number of esters is 1. The van der Waals surface area contributed by atoms with Gasteiger partial charge in [-0.15, -0.1) is 21.5 Å². The van der Waals surface area contributed by atoms with Crippen LogP contribution in [0.2, 0.25) is 0 Å². The highest BCUT2D eigenvalue weighted by atomic mass is 32.2. The fourth-order valence-electron chi connectivity index (χ4n) is 2.85. The molecule has 0 aliphatic carbocycles. The van der Waals surface area contributed by atoms with E-state index in [1.165, 1.54) is 35.8 Å². The van der Waals surface area contributed by atoms with Gasteiger partial charge in [0.15, 0.2) is 11.0 Å². The minimum Gasteiger partial charge on any atom is -0.486 e.